The van der Waals surface area contributed by atoms with E-state index < -0.39 is 246 Å². The van der Waals surface area contributed by atoms with Gasteiger partial charge in [0.15, 0.2) is 0 Å². The molecular weight excluding hydrogens is 1750 g/mol. The fourth-order valence-corrected chi connectivity index (χ4v) is 14.8. The molecule has 0 spiro atoms. The van der Waals surface area contributed by atoms with Gasteiger partial charge in [-0.05, 0) is 180 Å². The summed E-state index contributed by atoms with van der Waals surface area (Å²) in [5.74, 6) is -19.8. The van der Waals surface area contributed by atoms with E-state index in [9.17, 15) is 77.6 Å². The molecule has 2 heterocycles. The Bertz CT molecular complexity index is 4770. The minimum Gasteiger partial charge on any atom is -0.508 e. The van der Waals surface area contributed by atoms with Gasteiger partial charge in [-0.3, -0.25) is 91.1 Å². The largest absolute Gasteiger partial charge is 0.508 e. The lowest BCUT2D eigenvalue weighted by Crippen LogP contribution is -2.65. The van der Waals surface area contributed by atoms with Crippen LogP contribution in [-0.2, 0) is 110 Å². The monoisotopic (exact) mass is 1890 g/mol. The highest BCUT2D eigenvalue weighted by molar-refractivity contribution is 6.41. The van der Waals surface area contributed by atoms with Crippen LogP contribution in [0.1, 0.15) is 210 Å². The third-order valence-corrected chi connectivity index (χ3v) is 22.7. The van der Waals surface area contributed by atoms with Gasteiger partial charge in [0.1, 0.15) is 83.3 Å². The molecular formula is C94H141N19O22. The summed E-state index contributed by atoms with van der Waals surface area (Å²) in [5.41, 5.74) is 13.3. The van der Waals surface area contributed by atoms with Gasteiger partial charge in [-0.15, -0.1) is 0 Å². The average Bonchev–Trinajstić information content (AvgIpc) is 1.54. The number of aromatic hydroxyl groups is 1. The molecule has 41 nitrogen and oxygen atoms in total. The van der Waals surface area contributed by atoms with E-state index >= 15 is 28.8 Å². The zero-order valence-corrected chi connectivity index (χ0v) is 79.8. The van der Waals surface area contributed by atoms with Crippen molar-refractivity contribution in [2.75, 3.05) is 13.6 Å². The molecule has 0 aliphatic carbocycles. The number of fused-ring (bicyclic) bond motifs is 1. The number of allylic oxidation sites excluding steroid dienone is 2. The van der Waals surface area contributed by atoms with Crippen molar-refractivity contribution in [1.29, 1.82) is 0 Å². The molecule has 0 fully saturated rings. The molecule has 3 aromatic carbocycles. The molecule has 4 aromatic rings. The topological polar surface area (TPSA) is 659 Å². The lowest BCUT2D eigenvalue weighted by molar-refractivity contribution is -0.140. The Morgan fingerprint density at radius 1 is 0.511 bits per heavy atom. The summed E-state index contributed by atoms with van der Waals surface area (Å²) >= 11 is 0. The SMILES string of the molecule is CC(=O)N[C@@H](CC(C)C)C(=O)N[C@H](C(=O)N[C@@H](Cc1ccccc1)C(=O)N[C@@]1(C)CCCCCC/C=C/CCC[C@@](C)(C(=O)NC(C)C(=O)N[C@@H](C)C(=O)NC(C)C(=O)N[C@@H](C)C(=O)NC(C)C(N)=O)NC(=O)[C@H](CC(C)C)CN[C@@H](CCC(N)=O)C(=O)C(=O)C(C)NC(=O)[C@H](Cc2c[nH]c3ccccc23)NC(=O)C(Cc2ccc(O)cc2)NC(=O)[C@H](CCC(=O)O)NC1=O)[C@@H](C)O.CN. The van der Waals surface area contributed by atoms with Crippen LogP contribution in [0, 0.1) is 17.8 Å². The number of ketones is 2. The van der Waals surface area contributed by atoms with Crippen molar-refractivity contribution >= 4 is 123 Å². The van der Waals surface area contributed by atoms with E-state index in [0.29, 0.717) is 59.7 Å². The van der Waals surface area contributed by atoms with Crippen LogP contribution in [0.3, 0.4) is 0 Å². The fraction of sp³-hybridized carbons (Fsp3) is 0.564. The van der Waals surface area contributed by atoms with Crippen molar-refractivity contribution < 1.29 is 106 Å². The Balaban J connectivity index is 0.0000189. The van der Waals surface area contributed by atoms with Crippen molar-refractivity contribution in [3.8, 4) is 5.75 Å². The van der Waals surface area contributed by atoms with Crippen molar-refractivity contribution in [1.82, 2.24) is 84.7 Å². The normalized spacial score (nSPS) is 21.9. The molecule has 0 saturated carbocycles. The maximum Gasteiger partial charge on any atom is 0.303 e. The maximum atomic E-state index is 15.6. The number of para-hydroxylation sites is 1. The van der Waals surface area contributed by atoms with Gasteiger partial charge in [0, 0.05) is 62.7 Å². The van der Waals surface area contributed by atoms with E-state index in [1.54, 1.807) is 88.5 Å². The van der Waals surface area contributed by atoms with Gasteiger partial charge in [0.25, 0.3) is 0 Å². The van der Waals surface area contributed by atoms with Gasteiger partial charge in [0.2, 0.25) is 106 Å². The number of nitrogens with two attached hydrogens (primary N) is 3. The summed E-state index contributed by atoms with van der Waals surface area (Å²) < 4.78 is 0. The number of benzene rings is 3. The summed E-state index contributed by atoms with van der Waals surface area (Å²) in [5, 5.41) is 71.5. The number of aliphatic hydroxyl groups excluding tert-OH is 1. The van der Waals surface area contributed by atoms with E-state index in [1.807, 2.05) is 12.2 Å². The van der Waals surface area contributed by atoms with E-state index in [-0.39, 0.29) is 75.5 Å². The van der Waals surface area contributed by atoms with Crippen LogP contribution in [-0.4, -0.2) is 242 Å². The van der Waals surface area contributed by atoms with Gasteiger partial charge in [-0.1, -0.05) is 120 Å². The highest BCUT2D eigenvalue weighted by Gasteiger charge is 2.44. The smallest absolute Gasteiger partial charge is 0.303 e. The third kappa shape index (κ3) is 38.8. The number of aliphatic hydroxyl groups is 1. The highest BCUT2D eigenvalue weighted by Crippen LogP contribution is 2.25. The number of carbonyl (C=O) groups is 19. The van der Waals surface area contributed by atoms with Crippen molar-refractivity contribution in [2.24, 2.45) is 35.0 Å². The predicted molar refractivity (Wildman–Crippen MR) is 501 cm³/mol. The summed E-state index contributed by atoms with van der Waals surface area (Å²) in [6.07, 6.45) is 3.03. The van der Waals surface area contributed by atoms with Crippen molar-refractivity contribution in [3.63, 3.8) is 0 Å². The number of aromatic nitrogens is 1. The molecule has 25 N–H and O–H groups in total. The minimum absolute atomic E-state index is 0.0767. The summed E-state index contributed by atoms with van der Waals surface area (Å²) in [4.78, 5) is 269. The van der Waals surface area contributed by atoms with Crippen LogP contribution in [0.4, 0.5) is 0 Å². The molecule has 16 amide bonds. The summed E-state index contributed by atoms with van der Waals surface area (Å²) in [7, 11) is 1.50. The first kappa shape index (κ1) is 114. The molecule has 17 atom stereocenters. The molecule has 0 saturated heterocycles. The molecule has 1 aliphatic heterocycles. The summed E-state index contributed by atoms with van der Waals surface area (Å²) in [6.45, 7) is 19.8. The van der Waals surface area contributed by atoms with Crippen LogP contribution < -0.4 is 97.0 Å². The fourth-order valence-electron chi connectivity index (χ4n) is 14.8. The number of amides is 16. The lowest BCUT2D eigenvalue weighted by atomic mass is 9.89. The Hall–Kier alpha value is -13.1. The molecule has 744 valence electrons. The van der Waals surface area contributed by atoms with Crippen LogP contribution in [0.5, 0.6) is 5.75 Å². The molecule has 1 aromatic heterocycles. The van der Waals surface area contributed by atoms with E-state index in [2.05, 4.69) is 90.5 Å². The number of carboxylic acid groups (broad SMARTS) is 1. The first-order valence-corrected chi connectivity index (χ1v) is 45.7. The number of carbonyl (C=O) groups excluding carboxylic acids is 18. The number of aromatic amines is 1. The quantitative estimate of drug-likeness (QED) is 0.0214. The number of rotatable bonds is 35. The number of primary amides is 2. The molecule has 135 heavy (non-hydrogen) atoms. The van der Waals surface area contributed by atoms with E-state index in [0.717, 1.165) is 0 Å². The number of phenols is 1. The standard InChI is InChI=1S/C93H136N18O22.CH5N/c1-50(2)43-63-49-97-67(37-39-73(94)115)77(119)76(118)52(5)98-85(127)72(47-62-48-96-66-32-26-25-31-65(62)66)106-86(128)70(46-61-33-35-64(114)36-34-61)105-84(126)68(38-40-74(116)117)108-91(133)93(14,111-88(130)71(45-60-29-23-22-24-30-60)107-89(131)75(58(11)112)109-87(129)69(44-51(3)4)104-59(12)113)42-28-21-19-17-15-16-18-20-27-41-92(13,110-83(63)125)90(132)103-57(10)82(124)102-56(9)81(123)101-55(8)80(122)100-54(7)79(121)99-53(6)78(95)120;1-2/h16,18,22-26,29-36,48,50-58,63,67-72,75,96-97,112,114H,15,17,19-21,27-28,37-47,49H2,1-14H3,(H2,94,115)(H2,95,120)(H,98,127)(H,99,121)(H,100,122)(H,101,123)(H,102,124)(H,103,132)(H,104,113)(H,105,126)(H,106,128)(H,107,131)(H,108,133)(H,109,129)(H,110,125)(H,111,130)(H,116,117);2H2,1H3/b18-16+;/t52?,53?,54-,55?,56-,57?,58+,63+,67-,68-,69-,70?,71-,72-,75-,92-,93-;/m0./s1. The Morgan fingerprint density at radius 2 is 1.04 bits per heavy atom. The number of hydrogen-bond donors (Lipinski definition) is 22. The highest BCUT2D eigenvalue weighted by atomic mass is 16.4. The second-order valence-corrected chi connectivity index (χ2v) is 35.6. The Morgan fingerprint density at radius 3 is 1.60 bits per heavy atom. The molecule has 5 unspecified atom stereocenters. The minimum atomic E-state index is -2.07. The van der Waals surface area contributed by atoms with Crippen LogP contribution in [0.25, 0.3) is 10.9 Å². The first-order chi connectivity index (χ1) is 63.5. The first-order valence-electron chi connectivity index (χ1n) is 45.7. The number of Topliss-reactive ketones (excluding diaryl/α,β-unsaturated/α-hetero) is 2. The zero-order valence-electron chi connectivity index (χ0n) is 79.8. The van der Waals surface area contributed by atoms with Crippen molar-refractivity contribution in [2.45, 2.75) is 308 Å². The molecule has 5 rings (SSSR count). The number of hydrogen-bond acceptors (Lipinski definition) is 23. The van der Waals surface area contributed by atoms with Crippen LogP contribution >= 0.6 is 0 Å². The van der Waals surface area contributed by atoms with Gasteiger partial charge in [-0.25, -0.2) is 0 Å². The number of H-pyrrole nitrogens is 1. The number of nitrogens with one attached hydrogen (secondary N) is 16. The lowest BCUT2D eigenvalue weighted by Gasteiger charge is -2.34. The van der Waals surface area contributed by atoms with Gasteiger partial charge in [-0.2, -0.15) is 0 Å². The van der Waals surface area contributed by atoms with Crippen molar-refractivity contribution in [3.05, 3.63) is 114 Å². The van der Waals surface area contributed by atoms with Crippen LogP contribution in [0.2, 0.25) is 0 Å². The summed E-state index contributed by atoms with van der Waals surface area (Å²) in [6, 6.07) is 1.50. The van der Waals surface area contributed by atoms with Gasteiger partial charge < -0.3 is 117 Å². The molecule has 0 radical (unpaired) electrons. The molecule has 0 bridgehead atoms. The zero-order chi connectivity index (χ0) is 101. The second-order valence-electron chi connectivity index (χ2n) is 35.6. The maximum absolute atomic E-state index is 15.6. The van der Waals surface area contributed by atoms with E-state index in [1.165, 1.54) is 101 Å². The van der Waals surface area contributed by atoms with Gasteiger partial charge in [0.05, 0.1) is 24.1 Å². The van der Waals surface area contributed by atoms with E-state index in [4.69, 9.17) is 11.5 Å². The second kappa shape index (κ2) is 56.2. The van der Waals surface area contributed by atoms with Gasteiger partial charge >= 0.3 is 5.97 Å². The Kier molecular flexibility index (Phi) is 47.6. The number of aliphatic carboxylic acids is 1. The third-order valence-electron chi connectivity index (χ3n) is 22.7. The predicted octanol–water partition coefficient (Wildman–Crippen LogP) is 0.0649. The average molecular weight is 1890 g/mol. The number of carboxylic acids is 1. The molecule has 1 aliphatic rings. The number of phenolic OH excluding ortho intramolecular Hbond substituents is 1. The van der Waals surface area contributed by atoms with Crippen LogP contribution in [0.15, 0.2) is 97.2 Å². The molecule has 41 heteroatoms. The Labute approximate surface area is 786 Å².